The van der Waals surface area contributed by atoms with Crippen LogP contribution in [0.2, 0.25) is 0 Å². The molecule has 1 aliphatic rings. The highest BCUT2D eigenvalue weighted by molar-refractivity contribution is 5.95. The van der Waals surface area contributed by atoms with Crippen LogP contribution in [0.5, 0.6) is 0 Å². The number of amides is 2. The van der Waals surface area contributed by atoms with Crippen molar-refractivity contribution in [3.8, 4) is 0 Å². The minimum Gasteiger partial charge on any atom is -0.456 e. The molecule has 0 saturated carbocycles. The first-order valence-electron chi connectivity index (χ1n) is 11.1. The number of nitrogens with one attached hydrogen (secondary N) is 1. The highest BCUT2D eigenvalue weighted by Gasteiger charge is 2.29. The molecular weight excluding hydrogens is 394 g/mol. The van der Waals surface area contributed by atoms with Gasteiger partial charge >= 0.3 is 0 Å². The van der Waals surface area contributed by atoms with Crippen molar-refractivity contribution in [3.05, 3.63) is 52.2 Å². The second-order valence-electron chi connectivity index (χ2n) is 8.17. The summed E-state index contributed by atoms with van der Waals surface area (Å²) >= 11 is 0. The Labute approximate surface area is 184 Å². The number of furan rings is 1. The maximum atomic E-state index is 12.8. The van der Waals surface area contributed by atoms with Crippen molar-refractivity contribution in [1.29, 1.82) is 0 Å². The maximum Gasteiger partial charge on any atom is 0.289 e. The molecule has 1 fully saturated rings. The molecule has 0 unspecified atom stereocenters. The lowest BCUT2D eigenvalue weighted by Crippen LogP contribution is -2.38. The summed E-state index contributed by atoms with van der Waals surface area (Å²) in [4.78, 5) is 32.1. The van der Waals surface area contributed by atoms with Gasteiger partial charge in [-0.25, -0.2) is 0 Å². The number of piperidine rings is 1. The number of carbonyl (C=O) groups is 2. The Bertz CT molecular complexity index is 894. The van der Waals surface area contributed by atoms with E-state index < -0.39 is 0 Å². The summed E-state index contributed by atoms with van der Waals surface area (Å²) in [6, 6.07) is 5.52. The second-order valence-corrected chi connectivity index (χ2v) is 8.17. The van der Waals surface area contributed by atoms with Crippen LogP contribution in [0, 0.1) is 20.8 Å². The van der Waals surface area contributed by atoms with Crippen molar-refractivity contribution in [1.82, 2.24) is 15.2 Å². The third kappa shape index (κ3) is 5.73. The topological polar surface area (TPSA) is 84.7 Å². The SMILES string of the molecule is CCCOCCNC(=O)c1ccc(C)nc1C1CCN(C(=O)c2cc(C)c(C)o2)CC1. The third-order valence-corrected chi connectivity index (χ3v) is 5.73. The lowest BCUT2D eigenvalue weighted by molar-refractivity contribution is 0.0677. The van der Waals surface area contributed by atoms with Crippen LogP contribution in [0.15, 0.2) is 22.6 Å². The molecular formula is C24H33N3O4. The summed E-state index contributed by atoms with van der Waals surface area (Å²) in [6.07, 6.45) is 2.49. The fourth-order valence-electron chi connectivity index (χ4n) is 3.85. The van der Waals surface area contributed by atoms with Gasteiger partial charge in [-0.2, -0.15) is 0 Å². The molecule has 0 atom stereocenters. The van der Waals surface area contributed by atoms with E-state index in [-0.39, 0.29) is 17.7 Å². The van der Waals surface area contributed by atoms with Gasteiger partial charge in [0.15, 0.2) is 5.76 Å². The number of ether oxygens (including phenoxy) is 1. The van der Waals surface area contributed by atoms with Crippen LogP contribution < -0.4 is 5.32 Å². The highest BCUT2D eigenvalue weighted by Crippen LogP contribution is 2.30. The first-order valence-corrected chi connectivity index (χ1v) is 11.1. The standard InChI is InChI=1S/C24H33N3O4/c1-5-13-30-14-10-25-23(28)20-7-6-17(3)26-22(20)19-8-11-27(12-9-19)24(29)21-15-16(2)18(4)31-21/h6-7,15,19H,5,8-14H2,1-4H3,(H,25,28). The molecule has 0 aromatic carbocycles. The number of nitrogens with zero attached hydrogens (tertiary/aromatic N) is 2. The van der Waals surface area contributed by atoms with E-state index in [4.69, 9.17) is 14.1 Å². The lowest BCUT2D eigenvalue weighted by Gasteiger charge is -2.32. The van der Waals surface area contributed by atoms with Crippen molar-refractivity contribution < 1.29 is 18.7 Å². The zero-order chi connectivity index (χ0) is 22.4. The largest absolute Gasteiger partial charge is 0.456 e. The van der Waals surface area contributed by atoms with Crippen molar-refractivity contribution in [2.45, 2.75) is 52.9 Å². The van der Waals surface area contributed by atoms with E-state index >= 15 is 0 Å². The van der Waals surface area contributed by atoms with Gasteiger partial charge in [0.05, 0.1) is 17.9 Å². The summed E-state index contributed by atoms with van der Waals surface area (Å²) in [5.41, 5.74) is 3.31. The van der Waals surface area contributed by atoms with Crippen molar-refractivity contribution in [2.75, 3.05) is 32.8 Å². The Morgan fingerprint density at radius 2 is 1.94 bits per heavy atom. The predicted molar refractivity (Wildman–Crippen MR) is 118 cm³/mol. The lowest BCUT2D eigenvalue weighted by atomic mass is 9.89. The fourth-order valence-corrected chi connectivity index (χ4v) is 3.85. The molecule has 1 aliphatic heterocycles. The average molecular weight is 428 g/mol. The number of likely N-dealkylation sites (tertiary alicyclic amines) is 1. The van der Waals surface area contributed by atoms with Crippen LogP contribution in [0.4, 0.5) is 0 Å². The first kappa shape index (κ1) is 23.0. The van der Waals surface area contributed by atoms with E-state index in [0.29, 0.717) is 44.2 Å². The van der Waals surface area contributed by atoms with Crippen LogP contribution in [0.25, 0.3) is 0 Å². The van der Waals surface area contributed by atoms with E-state index in [1.807, 2.05) is 37.8 Å². The molecule has 1 saturated heterocycles. The minimum absolute atomic E-state index is 0.0723. The Morgan fingerprint density at radius 1 is 1.19 bits per heavy atom. The van der Waals surface area contributed by atoms with Gasteiger partial charge in [0.2, 0.25) is 0 Å². The van der Waals surface area contributed by atoms with Crippen LogP contribution in [-0.2, 0) is 4.74 Å². The van der Waals surface area contributed by atoms with Gasteiger partial charge in [0.25, 0.3) is 11.8 Å². The van der Waals surface area contributed by atoms with Crippen LogP contribution >= 0.6 is 0 Å². The molecule has 0 aliphatic carbocycles. The van der Waals surface area contributed by atoms with Gasteiger partial charge in [0.1, 0.15) is 5.76 Å². The third-order valence-electron chi connectivity index (χ3n) is 5.73. The van der Waals surface area contributed by atoms with E-state index in [9.17, 15) is 9.59 Å². The molecule has 7 nitrogen and oxygen atoms in total. The van der Waals surface area contributed by atoms with Gasteiger partial charge in [-0.15, -0.1) is 0 Å². The molecule has 31 heavy (non-hydrogen) atoms. The Balaban J connectivity index is 1.63. The molecule has 3 heterocycles. The van der Waals surface area contributed by atoms with Crippen LogP contribution in [-0.4, -0.2) is 54.5 Å². The second kappa shape index (κ2) is 10.6. The number of aryl methyl sites for hydroxylation is 3. The van der Waals surface area contributed by atoms with Gasteiger partial charge in [-0.05, 0) is 63.8 Å². The molecule has 2 amide bonds. The molecule has 0 spiro atoms. The van der Waals surface area contributed by atoms with Gasteiger partial charge < -0.3 is 19.4 Å². The average Bonchev–Trinajstić information content (AvgIpc) is 3.11. The number of rotatable bonds is 8. The van der Waals surface area contributed by atoms with Crippen molar-refractivity contribution in [2.24, 2.45) is 0 Å². The summed E-state index contributed by atoms with van der Waals surface area (Å²) in [6.45, 7) is 10.7. The van der Waals surface area contributed by atoms with E-state index in [1.165, 1.54) is 0 Å². The molecule has 0 radical (unpaired) electrons. The highest BCUT2D eigenvalue weighted by atomic mass is 16.5. The van der Waals surface area contributed by atoms with E-state index in [1.54, 1.807) is 6.07 Å². The molecule has 2 aromatic rings. The van der Waals surface area contributed by atoms with E-state index in [0.717, 1.165) is 42.0 Å². The zero-order valence-electron chi connectivity index (χ0n) is 19.0. The van der Waals surface area contributed by atoms with Crippen LogP contribution in [0.3, 0.4) is 0 Å². The van der Waals surface area contributed by atoms with Gasteiger partial charge in [-0.1, -0.05) is 6.92 Å². The summed E-state index contributed by atoms with van der Waals surface area (Å²) < 4.78 is 11.0. The van der Waals surface area contributed by atoms with Crippen molar-refractivity contribution >= 4 is 11.8 Å². The quantitative estimate of drug-likeness (QED) is 0.648. The molecule has 2 aromatic heterocycles. The van der Waals surface area contributed by atoms with Crippen LogP contribution in [0.1, 0.15) is 75.7 Å². The van der Waals surface area contributed by atoms with E-state index in [2.05, 4.69) is 12.2 Å². The number of hydrogen-bond acceptors (Lipinski definition) is 5. The molecule has 168 valence electrons. The smallest absolute Gasteiger partial charge is 0.289 e. The number of hydrogen-bond donors (Lipinski definition) is 1. The Kier molecular flexibility index (Phi) is 7.85. The number of aromatic nitrogens is 1. The first-order chi connectivity index (χ1) is 14.9. The molecule has 1 N–H and O–H groups in total. The summed E-state index contributed by atoms with van der Waals surface area (Å²) in [7, 11) is 0. The predicted octanol–water partition coefficient (Wildman–Crippen LogP) is 3.78. The zero-order valence-corrected chi connectivity index (χ0v) is 19.0. The van der Waals surface area contributed by atoms with Gasteiger partial charge in [-0.3, -0.25) is 14.6 Å². The molecule has 7 heteroatoms. The summed E-state index contributed by atoms with van der Waals surface area (Å²) in [5.74, 6) is 1.12. The molecule has 0 bridgehead atoms. The molecule has 3 rings (SSSR count). The maximum absolute atomic E-state index is 12.8. The van der Waals surface area contributed by atoms with Gasteiger partial charge in [0, 0.05) is 37.9 Å². The van der Waals surface area contributed by atoms with Crippen molar-refractivity contribution in [3.63, 3.8) is 0 Å². The monoisotopic (exact) mass is 427 g/mol. The minimum atomic E-state index is -0.123. The number of carbonyl (C=O) groups excluding carboxylic acids is 2. The fraction of sp³-hybridized carbons (Fsp3) is 0.542. The Morgan fingerprint density at radius 3 is 2.58 bits per heavy atom. The normalized spacial score (nSPS) is 14.6. The number of pyridine rings is 1. The summed E-state index contributed by atoms with van der Waals surface area (Å²) in [5, 5.41) is 2.93. The Hall–Kier alpha value is -2.67.